The van der Waals surface area contributed by atoms with Gasteiger partial charge in [0.25, 0.3) is 0 Å². The fourth-order valence-electron chi connectivity index (χ4n) is 4.64. The minimum Gasteiger partial charge on any atom is -0.441 e. The lowest BCUT2D eigenvalue weighted by molar-refractivity contribution is 0.0664. The Kier molecular flexibility index (Phi) is 4.43. The maximum absolute atomic E-state index is 12.7. The molecule has 1 aromatic heterocycles. The van der Waals surface area contributed by atoms with Gasteiger partial charge in [0.2, 0.25) is 0 Å². The fraction of sp³-hybridized carbons (Fsp3) is 0.455. The van der Waals surface area contributed by atoms with Crippen LogP contribution in [0, 0.1) is 0 Å². The highest BCUT2D eigenvalue weighted by Gasteiger charge is 2.51. The smallest absolute Gasteiger partial charge is 0.411 e. The number of amides is 1. The number of carbonyl (C=O) groups is 1. The van der Waals surface area contributed by atoms with E-state index < -0.39 is 5.60 Å². The van der Waals surface area contributed by atoms with Crippen molar-refractivity contribution in [2.45, 2.75) is 63.1 Å². The van der Waals surface area contributed by atoms with Crippen LogP contribution in [0.25, 0.3) is 0 Å². The molecule has 2 aliphatic rings. The molecule has 0 N–H and O–H groups in total. The van der Waals surface area contributed by atoms with Gasteiger partial charge in [0, 0.05) is 18.4 Å². The van der Waals surface area contributed by atoms with E-state index in [1.165, 1.54) is 5.56 Å². The highest BCUT2D eigenvalue weighted by Crippen LogP contribution is 2.45. The Hall–Kier alpha value is -2.36. The molecule has 1 amide bonds. The zero-order valence-electron chi connectivity index (χ0n) is 15.5. The average Bonchev–Trinajstić information content (AvgIpc) is 2.91. The van der Waals surface area contributed by atoms with Gasteiger partial charge in [0.15, 0.2) is 0 Å². The number of pyridine rings is 1. The summed E-state index contributed by atoms with van der Waals surface area (Å²) in [5.74, 6) is 0.543. The monoisotopic (exact) mass is 350 g/mol. The van der Waals surface area contributed by atoms with E-state index in [1.54, 1.807) is 0 Å². The second-order valence-corrected chi connectivity index (χ2v) is 7.98. The third-order valence-electron chi connectivity index (χ3n) is 5.86. The number of ether oxygens (including phenoxy) is 1. The first-order chi connectivity index (χ1) is 12.6. The van der Waals surface area contributed by atoms with Gasteiger partial charge in [-0.05, 0) is 62.6 Å². The molecule has 2 heterocycles. The van der Waals surface area contributed by atoms with Crippen LogP contribution in [0.3, 0.4) is 0 Å². The molecule has 1 aliphatic carbocycles. The van der Waals surface area contributed by atoms with Crippen LogP contribution in [-0.2, 0) is 4.74 Å². The van der Waals surface area contributed by atoms with Crippen LogP contribution in [-0.4, -0.2) is 27.6 Å². The van der Waals surface area contributed by atoms with Crippen molar-refractivity contribution in [1.29, 1.82) is 0 Å². The fourth-order valence-corrected chi connectivity index (χ4v) is 4.64. The summed E-state index contributed by atoms with van der Waals surface area (Å²) in [6.07, 6.45) is 7.81. The zero-order chi connectivity index (χ0) is 18.1. The van der Waals surface area contributed by atoms with Crippen LogP contribution in [0.4, 0.5) is 4.79 Å². The third-order valence-corrected chi connectivity index (χ3v) is 5.86. The molecule has 26 heavy (non-hydrogen) atoms. The van der Waals surface area contributed by atoms with Crippen molar-refractivity contribution in [3.8, 4) is 0 Å². The van der Waals surface area contributed by atoms with Crippen molar-refractivity contribution >= 4 is 6.09 Å². The molecular formula is C22H26N2O2. The van der Waals surface area contributed by atoms with Crippen molar-refractivity contribution in [2.75, 3.05) is 0 Å². The molecule has 4 rings (SSSR count). The van der Waals surface area contributed by atoms with Crippen LogP contribution < -0.4 is 0 Å². The maximum Gasteiger partial charge on any atom is 0.411 e. The van der Waals surface area contributed by atoms with Crippen LogP contribution >= 0.6 is 0 Å². The minimum atomic E-state index is -0.515. The molecule has 2 fully saturated rings. The van der Waals surface area contributed by atoms with E-state index >= 15 is 0 Å². The normalized spacial score (nSPS) is 28.0. The summed E-state index contributed by atoms with van der Waals surface area (Å²) >= 11 is 0. The minimum absolute atomic E-state index is 0.0314. The van der Waals surface area contributed by atoms with Crippen molar-refractivity contribution in [3.05, 3.63) is 66.0 Å². The summed E-state index contributed by atoms with van der Waals surface area (Å²) in [5, 5.41) is 0. The Morgan fingerprint density at radius 2 is 1.69 bits per heavy atom. The van der Waals surface area contributed by atoms with Crippen LogP contribution in [0.15, 0.2) is 54.9 Å². The van der Waals surface area contributed by atoms with E-state index in [2.05, 4.69) is 23.2 Å². The number of aromatic nitrogens is 1. The number of hydrogen-bond donors (Lipinski definition) is 0. The van der Waals surface area contributed by atoms with E-state index in [0.29, 0.717) is 5.92 Å². The highest BCUT2D eigenvalue weighted by atomic mass is 16.6. The molecule has 1 saturated heterocycles. The molecule has 0 spiro atoms. The number of carbonyl (C=O) groups excluding carboxylic acids is 1. The largest absolute Gasteiger partial charge is 0.441 e. The van der Waals surface area contributed by atoms with Gasteiger partial charge in [-0.1, -0.05) is 36.4 Å². The predicted molar refractivity (Wildman–Crippen MR) is 101 cm³/mol. The van der Waals surface area contributed by atoms with Gasteiger partial charge in [0.1, 0.15) is 5.60 Å². The Labute approximate surface area is 155 Å². The lowest BCUT2D eigenvalue weighted by atomic mass is 9.80. The molecule has 4 nitrogen and oxygen atoms in total. The molecule has 136 valence electrons. The number of nitrogens with zero attached hydrogens (tertiary/aromatic N) is 2. The number of cyclic esters (lactones) is 1. The molecule has 1 saturated carbocycles. The van der Waals surface area contributed by atoms with E-state index in [4.69, 9.17) is 4.74 Å². The first-order valence-corrected chi connectivity index (χ1v) is 9.52. The van der Waals surface area contributed by atoms with Gasteiger partial charge in [-0.2, -0.15) is 0 Å². The molecule has 0 bridgehead atoms. The molecule has 0 unspecified atom stereocenters. The summed E-state index contributed by atoms with van der Waals surface area (Å²) < 4.78 is 5.77. The molecule has 4 heteroatoms. The number of hydrogen-bond acceptors (Lipinski definition) is 3. The predicted octanol–water partition coefficient (Wildman–Crippen LogP) is 5.08. The van der Waals surface area contributed by atoms with Crippen molar-refractivity contribution in [3.63, 3.8) is 0 Å². The summed E-state index contributed by atoms with van der Waals surface area (Å²) in [5.41, 5.74) is 1.95. The first-order valence-electron chi connectivity index (χ1n) is 9.52. The molecule has 1 aromatic carbocycles. The summed E-state index contributed by atoms with van der Waals surface area (Å²) in [6, 6.07) is 14.7. The molecule has 1 atom stereocenters. The number of rotatable bonds is 3. The van der Waals surface area contributed by atoms with Gasteiger partial charge >= 0.3 is 6.09 Å². The van der Waals surface area contributed by atoms with Crippen molar-refractivity contribution in [2.24, 2.45) is 0 Å². The van der Waals surface area contributed by atoms with Gasteiger partial charge in [-0.15, -0.1) is 0 Å². The second kappa shape index (κ2) is 6.75. The van der Waals surface area contributed by atoms with Gasteiger partial charge in [-0.3, -0.25) is 9.88 Å². The Bertz CT molecular complexity index is 752. The van der Waals surface area contributed by atoms with Crippen LogP contribution in [0.1, 0.15) is 62.6 Å². The summed E-state index contributed by atoms with van der Waals surface area (Å²) in [4.78, 5) is 19.0. The Morgan fingerprint density at radius 1 is 1.00 bits per heavy atom. The third kappa shape index (κ3) is 3.09. The lowest BCUT2D eigenvalue weighted by Crippen LogP contribution is -2.42. The molecular weight excluding hydrogens is 324 g/mol. The van der Waals surface area contributed by atoms with Crippen molar-refractivity contribution in [1.82, 2.24) is 9.88 Å². The Balaban J connectivity index is 1.54. The average molecular weight is 350 g/mol. The Morgan fingerprint density at radius 3 is 2.35 bits per heavy atom. The van der Waals surface area contributed by atoms with E-state index in [-0.39, 0.29) is 18.2 Å². The van der Waals surface area contributed by atoms with Gasteiger partial charge in [0.05, 0.1) is 6.04 Å². The van der Waals surface area contributed by atoms with E-state index in [1.807, 2.05) is 55.4 Å². The zero-order valence-corrected chi connectivity index (χ0v) is 15.5. The van der Waals surface area contributed by atoms with E-state index in [9.17, 15) is 4.79 Å². The highest BCUT2D eigenvalue weighted by molar-refractivity contribution is 5.72. The van der Waals surface area contributed by atoms with Crippen LogP contribution in [0.2, 0.25) is 0 Å². The number of benzene rings is 1. The van der Waals surface area contributed by atoms with Crippen molar-refractivity contribution < 1.29 is 9.53 Å². The first kappa shape index (κ1) is 17.1. The maximum atomic E-state index is 12.7. The van der Waals surface area contributed by atoms with E-state index in [0.717, 1.165) is 31.2 Å². The second-order valence-electron chi connectivity index (χ2n) is 7.98. The SMILES string of the molecule is CC1(C)OC(=O)N(C2CCC(c3cccnc3)CC2)[C@H]1c1ccccc1. The lowest BCUT2D eigenvalue weighted by Gasteiger charge is -2.38. The molecule has 2 aromatic rings. The van der Waals surface area contributed by atoms with Gasteiger partial charge in [-0.25, -0.2) is 4.79 Å². The molecule has 1 aliphatic heterocycles. The topological polar surface area (TPSA) is 42.4 Å². The van der Waals surface area contributed by atoms with Gasteiger partial charge < -0.3 is 4.74 Å². The quantitative estimate of drug-likeness (QED) is 0.775. The van der Waals surface area contributed by atoms with Crippen LogP contribution in [0.5, 0.6) is 0 Å². The summed E-state index contributed by atoms with van der Waals surface area (Å²) in [7, 11) is 0. The molecule has 0 radical (unpaired) electrons. The standard InChI is InChI=1S/C22H26N2O2/c1-22(2)20(17-7-4-3-5-8-17)24(21(25)26-22)19-12-10-16(11-13-19)18-9-6-14-23-15-18/h3-9,14-16,19-20H,10-13H2,1-2H3/t16?,19?,20-/m0/s1. The summed E-state index contributed by atoms with van der Waals surface area (Å²) in [6.45, 7) is 4.04.